The summed E-state index contributed by atoms with van der Waals surface area (Å²) in [6.45, 7) is 3.84. The fourth-order valence-corrected chi connectivity index (χ4v) is 2.78. The van der Waals surface area contributed by atoms with E-state index in [4.69, 9.17) is 4.99 Å². The van der Waals surface area contributed by atoms with Gasteiger partial charge in [0.15, 0.2) is 5.84 Å². The van der Waals surface area contributed by atoms with Crippen LogP contribution in [0.3, 0.4) is 0 Å². The Bertz CT molecular complexity index is 913. The molecule has 1 N–H and O–H groups in total. The summed E-state index contributed by atoms with van der Waals surface area (Å²) >= 11 is 0. The number of aliphatic imine (C=N–C) groups is 1. The van der Waals surface area contributed by atoms with E-state index in [0.29, 0.717) is 0 Å². The van der Waals surface area contributed by atoms with Crippen LogP contribution in [0.15, 0.2) is 90.4 Å². The lowest BCUT2D eigenvalue weighted by Crippen LogP contribution is -2.41. The quantitative estimate of drug-likeness (QED) is 0.731. The van der Waals surface area contributed by atoms with Gasteiger partial charge in [0.1, 0.15) is 0 Å². The van der Waals surface area contributed by atoms with Crippen molar-refractivity contribution in [2.24, 2.45) is 4.99 Å². The molecule has 1 aliphatic heterocycles. The third-order valence-electron chi connectivity index (χ3n) is 3.98. The lowest BCUT2D eigenvalue weighted by atomic mass is 10.1. The van der Waals surface area contributed by atoms with Crippen LogP contribution in [-0.2, 0) is 0 Å². The molecule has 4 rings (SSSR count). The van der Waals surface area contributed by atoms with Gasteiger partial charge in [0.25, 0.3) is 0 Å². The Hall–Kier alpha value is -3.33. The molecular formula is C21H17N3. The number of rotatable bonds is 3. The molecule has 0 saturated heterocycles. The summed E-state index contributed by atoms with van der Waals surface area (Å²) < 4.78 is 0. The molecule has 116 valence electrons. The fraction of sp³-hybridized carbons (Fsp3) is 0. The number of anilines is 2. The topological polar surface area (TPSA) is 27.6 Å². The first-order valence-electron chi connectivity index (χ1n) is 7.87. The highest BCUT2D eigenvalue weighted by molar-refractivity contribution is 6.05. The van der Waals surface area contributed by atoms with Gasteiger partial charge in [-0.3, -0.25) is 10.4 Å². The number of benzene rings is 3. The molecule has 0 aliphatic carbocycles. The molecule has 3 heteroatoms. The Balaban J connectivity index is 1.83. The Morgan fingerprint density at radius 1 is 0.875 bits per heavy atom. The summed E-state index contributed by atoms with van der Waals surface area (Å²) in [5, 5.41) is 2.07. The third-order valence-corrected chi connectivity index (χ3v) is 3.98. The molecule has 0 unspecified atom stereocenters. The number of fused-ring (bicyclic) bond motifs is 1. The molecule has 1 heterocycles. The molecule has 24 heavy (non-hydrogen) atoms. The largest absolute Gasteiger partial charge is 0.276 e. The minimum Gasteiger partial charge on any atom is -0.276 e. The van der Waals surface area contributed by atoms with Crippen LogP contribution in [0.2, 0.25) is 0 Å². The zero-order chi connectivity index (χ0) is 16.4. The molecule has 3 nitrogen and oxygen atoms in total. The second-order valence-corrected chi connectivity index (χ2v) is 5.56. The Morgan fingerprint density at radius 3 is 2.50 bits per heavy atom. The van der Waals surface area contributed by atoms with Crippen LogP contribution in [0.1, 0.15) is 11.1 Å². The average molecular weight is 311 g/mol. The van der Waals surface area contributed by atoms with Crippen molar-refractivity contribution in [2.75, 3.05) is 5.01 Å². The van der Waals surface area contributed by atoms with Crippen molar-refractivity contribution in [2.45, 2.75) is 0 Å². The normalized spacial score (nSPS) is 12.8. The predicted molar refractivity (Wildman–Crippen MR) is 101 cm³/mol. The first kappa shape index (κ1) is 14.3. The lowest BCUT2D eigenvalue weighted by Gasteiger charge is -2.31. The molecular weight excluding hydrogens is 294 g/mol. The molecule has 0 fully saturated rings. The lowest BCUT2D eigenvalue weighted by molar-refractivity contribution is 0.914. The molecule has 0 amide bonds. The maximum Gasteiger partial charge on any atom is 0.153 e. The van der Waals surface area contributed by atoms with E-state index in [1.165, 1.54) is 0 Å². The molecule has 1 aliphatic rings. The molecule has 0 bridgehead atoms. The SMILES string of the molecule is C=Cc1cccc(C2=Nc3ccccc3N(c3ccccc3)N2)c1. The van der Waals surface area contributed by atoms with Crippen molar-refractivity contribution >= 4 is 29.0 Å². The van der Waals surface area contributed by atoms with E-state index in [1.54, 1.807) is 0 Å². The number of para-hydroxylation sites is 3. The minimum absolute atomic E-state index is 0.821. The average Bonchev–Trinajstić information content (AvgIpc) is 2.68. The molecule has 0 aromatic heterocycles. The van der Waals surface area contributed by atoms with E-state index >= 15 is 0 Å². The van der Waals surface area contributed by atoms with Gasteiger partial charge in [0.2, 0.25) is 0 Å². The summed E-state index contributed by atoms with van der Waals surface area (Å²) in [6.07, 6.45) is 1.84. The zero-order valence-electron chi connectivity index (χ0n) is 13.2. The smallest absolute Gasteiger partial charge is 0.153 e. The standard InChI is InChI=1S/C21H17N3/c1-2-16-9-8-10-17(15-16)21-22-19-13-6-7-14-20(19)24(23-21)18-11-4-3-5-12-18/h2-15H,1H2,(H,22,23). The summed E-state index contributed by atoms with van der Waals surface area (Å²) in [5.74, 6) is 0.821. The van der Waals surface area contributed by atoms with Crippen molar-refractivity contribution in [3.05, 3.63) is 96.6 Å². The summed E-state index contributed by atoms with van der Waals surface area (Å²) in [4.78, 5) is 4.80. The van der Waals surface area contributed by atoms with Gasteiger partial charge in [-0.1, -0.05) is 61.2 Å². The maximum atomic E-state index is 4.80. The van der Waals surface area contributed by atoms with E-state index < -0.39 is 0 Å². The summed E-state index contributed by atoms with van der Waals surface area (Å²) in [6, 6.07) is 26.5. The van der Waals surface area contributed by atoms with Crippen molar-refractivity contribution in [1.29, 1.82) is 0 Å². The van der Waals surface area contributed by atoms with Crippen molar-refractivity contribution in [1.82, 2.24) is 5.43 Å². The van der Waals surface area contributed by atoms with Crippen molar-refractivity contribution in [3.63, 3.8) is 0 Å². The van der Waals surface area contributed by atoms with E-state index in [1.807, 2.05) is 54.6 Å². The van der Waals surface area contributed by atoms with E-state index in [-0.39, 0.29) is 0 Å². The van der Waals surface area contributed by atoms with Crippen LogP contribution in [0, 0.1) is 0 Å². The second kappa shape index (κ2) is 6.05. The molecule has 3 aromatic carbocycles. The summed E-state index contributed by atoms with van der Waals surface area (Å²) in [7, 11) is 0. The molecule has 0 saturated carbocycles. The number of amidine groups is 1. The van der Waals surface area contributed by atoms with E-state index in [0.717, 1.165) is 34.0 Å². The molecule has 0 atom stereocenters. The highest BCUT2D eigenvalue weighted by atomic mass is 15.5. The van der Waals surface area contributed by atoms with Crippen LogP contribution < -0.4 is 10.4 Å². The first-order valence-corrected chi connectivity index (χ1v) is 7.87. The fourth-order valence-electron chi connectivity index (χ4n) is 2.78. The van der Waals surface area contributed by atoms with Crippen molar-refractivity contribution in [3.8, 4) is 0 Å². The van der Waals surface area contributed by atoms with Crippen LogP contribution in [0.5, 0.6) is 0 Å². The number of hydrogen-bond donors (Lipinski definition) is 1. The van der Waals surface area contributed by atoms with Gasteiger partial charge in [0.05, 0.1) is 17.1 Å². The van der Waals surface area contributed by atoms with Crippen LogP contribution in [0.25, 0.3) is 6.08 Å². The van der Waals surface area contributed by atoms with Gasteiger partial charge in [-0.05, 0) is 35.9 Å². The third kappa shape index (κ3) is 2.57. The highest BCUT2D eigenvalue weighted by Crippen LogP contribution is 2.35. The van der Waals surface area contributed by atoms with Gasteiger partial charge < -0.3 is 0 Å². The molecule has 0 radical (unpaired) electrons. The minimum atomic E-state index is 0.821. The molecule has 0 spiro atoms. The number of hydrazine groups is 1. The highest BCUT2D eigenvalue weighted by Gasteiger charge is 2.20. The number of nitrogens with zero attached hydrogens (tertiary/aromatic N) is 2. The van der Waals surface area contributed by atoms with Crippen LogP contribution >= 0.6 is 0 Å². The van der Waals surface area contributed by atoms with Crippen LogP contribution in [0.4, 0.5) is 17.1 Å². The summed E-state index contributed by atoms with van der Waals surface area (Å²) in [5.41, 5.74) is 8.59. The van der Waals surface area contributed by atoms with Crippen molar-refractivity contribution < 1.29 is 0 Å². The predicted octanol–water partition coefficient (Wildman–Crippen LogP) is 5.06. The van der Waals surface area contributed by atoms with Gasteiger partial charge in [-0.25, -0.2) is 4.99 Å². The van der Waals surface area contributed by atoms with Gasteiger partial charge in [0, 0.05) is 5.56 Å². The van der Waals surface area contributed by atoms with Crippen LogP contribution in [-0.4, -0.2) is 5.84 Å². The molecule has 3 aromatic rings. The number of hydrogen-bond acceptors (Lipinski definition) is 3. The number of nitrogens with one attached hydrogen (secondary N) is 1. The first-order chi connectivity index (χ1) is 11.8. The Labute approximate surface area is 141 Å². The Kier molecular flexibility index (Phi) is 3.60. The monoisotopic (exact) mass is 311 g/mol. The maximum absolute atomic E-state index is 4.80. The van der Waals surface area contributed by atoms with E-state index in [9.17, 15) is 0 Å². The van der Waals surface area contributed by atoms with Gasteiger partial charge >= 0.3 is 0 Å². The Morgan fingerprint density at radius 2 is 1.67 bits per heavy atom. The van der Waals surface area contributed by atoms with Gasteiger partial charge in [-0.15, -0.1) is 0 Å². The van der Waals surface area contributed by atoms with Gasteiger partial charge in [-0.2, -0.15) is 0 Å². The second-order valence-electron chi connectivity index (χ2n) is 5.56. The zero-order valence-corrected chi connectivity index (χ0v) is 13.2. The van der Waals surface area contributed by atoms with E-state index in [2.05, 4.69) is 47.3 Å².